The van der Waals surface area contributed by atoms with Crippen LogP contribution in [0.4, 0.5) is 11.9 Å². The summed E-state index contributed by atoms with van der Waals surface area (Å²) < 4.78 is 1.46. The molecular weight excluding hydrogens is 262 g/mol. The quantitative estimate of drug-likeness (QED) is 0.435. The van der Waals surface area contributed by atoms with Gasteiger partial charge in [-0.3, -0.25) is 10.2 Å². The lowest BCUT2D eigenvalue weighted by molar-refractivity contribution is -0.116. The van der Waals surface area contributed by atoms with Gasteiger partial charge in [0, 0.05) is 18.9 Å². The van der Waals surface area contributed by atoms with E-state index in [0.717, 1.165) is 0 Å². The topological polar surface area (TPSA) is 141 Å². The first-order valence-electron chi connectivity index (χ1n) is 5.90. The number of hydrogen-bond donors (Lipinski definition) is 3. The van der Waals surface area contributed by atoms with Crippen molar-refractivity contribution in [2.75, 3.05) is 23.4 Å². The molecule has 0 radical (unpaired) electrons. The SMILES string of the molecule is CCN(CC(N)=O)c1nc(NN)nc(-n2cccn2)n1. The Morgan fingerprint density at radius 2 is 2.25 bits per heavy atom. The Morgan fingerprint density at radius 1 is 1.45 bits per heavy atom. The van der Waals surface area contributed by atoms with E-state index in [1.807, 2.05) is 6.92 Å². The van der Waals surface area contributed by atoms with Gasteiger partial charge in [0.1, 0.15) is 0 Å². The van der Waals surface area contributed by atoms with E-state index in [1.54, 1.807) is 23.4 Å². The molecule has 10 heteroatoms. The van der Waals surface area contributed by atoms with Crippen LogP contribution in [0.3, 0.4) is 0 Å². The van der Waals surface area contributed by atoms with Gasteiger partial charge >= 0.3 is 0 Å². The molecule has 20 heavy (non-hydrogen) atoms. The van der Waals surface area contributed by atoms with Crippen molar-refractivity contribution < 1.29 is 4.79 Å². The number of anilines is 2. The molecule has 0 atom stereocenters. The number of amides is 1. The van der Waals surface area contributed by atoms with E-state index >= 15 is 0 Å². The van der Waals surface area contributed by atoms with Crippen molar-refractivity contribution >= 4 is 17.8 Å². The molecule has 0 aliphatic rings. The van der Waals surface area contributed by atoms with Gasteiger partial charge in [-0.1, -0.05) is 0 Å². The monoisotopic (exact) mass is 277 g/mol. The molecule has 2 rings (SSSR count). The zero-order chi connectivity index (χ0) is 14.5. The molecule has 0 fully saturated rings. The first kappa shape index (κ1) is 13.7. The van der Waals surface area contributed by atoms with Crippen LogP contribution in [0, 0.1) is 0 Å². The van der Waals surface area contributed by atoms with Crippen molar-refractivity contribution in [2.45, 2.75) is 6.92 Å². The van der Waals surface area contributed by atoms with Crippen LogP contribution in [0.1, 0.15) is 6.92 Å². The number of nitrogens with one attached hydrogen (secondary N) is 1. The fraction of sp³-hybridized carbons (Fsp3) is 0.300. The molecule has 2 heterocycles. The van der Waals surface area contributed by atoms with Crippen LogP contribution in [-0.2, 0) is 4.79 Å². The molecule has 5 N–H and O–H groups in total. The molecule has 0 bridgehead atoms. The number of aromatic nitrogens is 5. The molecule has 0 spiro atoms. The minimum Gasteiger partial charge on any atom is -0.368 e. The standard InChI is InChI=1S/C10H15N9O/c1-2-18(6-7(11)20)9-14-8(17-12)15-10(16-9)19-5-3-4-13-19/h3-5H,2,6,12H2,1H3,(H2,11,20)(H,14,15,16,17). The fourth-order valence-corrected chi connectivity index (χ4v) is 1.56. The minimum atomic E-state index is -0.477. The van der Waals surface area contributed by atoms with Gasteiger partial charge in [-0.05, 0) is 13.0 Å². The maximum absolute atomic E-state index is 11.1. The number of nitrogens with zero attached hydrogens (tertiary/aromatic N) is 6. The Balaban J connectivity index is 2.42. The molecule has 0 aliphatic heterocycles. The zero-order valence-electron chi connectivity index (χ0n) is 10.9. The number of nitrogen functional groups attached to an aromatic ring is 1. The summed E-state index contributed by atoms with van der Waals surface area (Å²) in [6.07, 6.45) is 3.28. The summed E-state index contributed by atoms with van der Waals surface area (Å²) in [5.41, 5.74) is 7.56. The van der Waals surface area contributed by atoms with Gasteiger partial charge in [-0.15, -0.1) is 0 Å². The molecule has 1 amide bonds. The number of carbonyl (C=O) groups is 1. The van der Waals surface area contributed by atoms with Gasteiger partial charge in [0.15, 0.2) is 0 Å². The highest BCUT2D eigenvalue weighted by Gasteiger charge is 2.14. The third-order valence-electron chi connectivity index (χ3n) is 2.46. The van der Waals surface area contributed by atoms with E-state index in [9.17, 15) is 4.79 Å². The number of carbonyl (C=O) groups excluding carboxylic acids is 1. The minimum absolute atomic E-state index is 0.00305. The lowest BCUT2D eigenvalue weighted by atomic mass is 10.5. The summed E-state index contributed by atoms with van der Waals surface area (Å²) in [6.45, 7) is 2.37. The highest BCUT2D eigenvalue weighted by molar-refractivity contribution is 5.78. The number of hydrogen-bond acceptors (Lipinski definition) is 8. The Bertz CT molecular complexity index is 582. The van der Waals surface area contributed by atoms with Crippen molar-refractivity contribution in [1.29, 1.82) is 0 Å². The first-order valence-corrected chi connectivity index (χ1v) is 5.90. The Kier molecular flexibility index (Phi) is 4.05. The van der Waals surface area contributed by atoms with Crippen molar-refractivity contribution in [2.24, 2.45) is 11.6 Å². The Hall–Kier alpha value is -2.75. The zero-order valence-corrected chi connectivity index (χ0v) is 10.9. The smallest absolute Gasteiger partial charge is 0.257 e. The van der Waals surface area contributed by atoms with Crippen LogP contribution in [-0.4, -0.2) is 43.7 Å². The number of hydrazine groups is 1. The summed E-state index contributed by atoms with van der Waals surface area (Å²) in [4.78, 5) is 25.1. The van der Waals surface area contributed by atoms with Crippen LogP contribution >= 0.6 is 0 Å². The predicted octanol–water partition coefficient (Wildman–Crippen LogP) is -1.35. The normalized spacial score (nSPS) is 10.3. The second-order valence-corrected chi connectivity index (χ2v) is 3.83. The van der Waals surface area contributed by atoms with Gasteiger partial charge in [0.05, 0.1) is 6.54 Å². The fourth-order valence-electron chi connectivity index (χ4n) is 1.56. The number of rotatable bonds is 6. The number of nitrogens with two attached hydrogens (primary N) is 2. The average Bonchev–Trinajstić information content (AvgIpc) is 2.98. The molecule has 106 valence electrons. The second-order valence-electron chi connectivity index (χ2n) is 3.83. The first-order chi connectivity index (χ1) is 9.63. The molecule has 0 saturated carbocycles. The lowest BCUT2D eigenvalue weighted by Crippen LogP contribution is -2.35. The predicted molar refractivity (Wildman–Crippen MR) is 71.8 cm³/mol. The summed E-state index contributed by atoms with van der Waals surface area (Å²) >= 11 is 0. The van der Waals surface area contributed by atoms with Gasteiger partial charge in [-0.2, -0.15) is 20.1 Å². The van der Waals surface area contributed by atoms with Gasteiger partial charge in [0.25, 0.3) is 5.95 Å². The highest BCUT2D eigenvalue weighted by atomic mass is 16.1. The highest BCUT2D eigenvalue weighted by Crippen LogP contribution is 2.12. The average molecular weight is 277 g/mol. The maximum Gasteiger partial charge on any atom is 0.257 e. The van der Waals surface area contributed by atoms with Crippen molar-refractivity contribution in [1.82, 2.24) is 24.7 Å². The summed E-state index contributed by atoms with van der Waals surface area (Å²) in [7, 11) is 0. The van der Waals surface area contributed by atoms with E-state index < -0.39 is 5.91 Å². The summed E-state index contributed by atoms with van der Waals surface area (Å²) in [6, 6.07) is 1.74. The van der Waals surface area contributed by atoms with Crippen molar-refractivity contribution in [3.63, 3.8) is 0 Å². The third-order valence-corrected chi connectivity index (χ3v) is 2.46. The number of likely N-dealkylation sites (N-methyl/N-ethyl adjacent to an activating group) is 1. The molecule has 10 nitrogen and oxygen atoms in total. The summed E-state index contributed by atoms with van der Waals surface area (Å²) in [5.74, 6) is 5.61. The van der Waals surface area contributed by atoms with E-state index in [0.29, 0.717) is 12.5 Å². The molecule has 0 aliphatic carbocycles. The largest absolute Gasteiger partial charge is 0.368 e. The maximum atomic E-state index is 11.1. The van der Waals surface area contributed by atoms with Gasteiger partial charge in [-0.25, -0.2) is 10.5 Å². The second kappa shape index (κ2) is 5.93. The van der Waals surface area contributed by atoms with Crippen molar-refractivity contribution in [3.8, 4) is 5.95 Å². The molecule has 0 aromatic carbocycles. The van der Waals surface area contributed by atoms with Gasteiger partial charge in [0.2, 0.25) is 17.8 Å². The van der Waals surface area contributed by atoms with Gasteiger partial charge < -0.3 is 10.6 Å². The van der Waals surface area contributed by atoms with Crippen LogP contribution in [0.25, 0.3) is 5.95 Å². The van der Waals surface area contributed by atoms with E-state index in [4.69, 9.17) is 11.6 Å². The Labute approximate surface area is 114 Å². The van der Waals surface area contributed by atoms with E-state index in [2.05, 4.69) is 25.5 Å². The lowest BCUT2D eigenvalue weighted by Gasteiger charge is -2.19. The van der Waals surface area contributed by atoms with Crippen LogP contribution in [0.15, 0.2) is 18.5 Å². The van der Waals surface area contributed by atoms with Crippen molar-refractivity contribution in [3.05, 3.63) is 18.5 Å². The van der Waals surface area contributed by atoms with E-state index in [1.165, 1.54) is 4.68 Å². The molecule has 2 aromatic rings. The van der Waals surface area contributed by atoms with E-state index in [-0.39, 0.29) is 18.4 Å². The van der Waals surface area contributed by atoms with Crippen LogP contribution in [0.5, 0.6) is 0 Å². The van der Waals surface area contributed by atoms with Crippen LogP contribution < -0.4 is 21.9 Å². The Morgan fingerprint density at radius 3 is 2.80 bits per heavy atom. The third kappa shape index (κ3) is 2.98. The number of primary amides is 1. The molecule has 2 aromatic heterocycles. The summed E-state index contributed by atoms with van der Waals surface area (Å²) in [5, 5.41) is 4.03. The molecule has 0 unspecified atom stereocenters. The molecule has 0 saturated heterocycles. The molecular formula is C10H15N9O. The van der Waals surface area contributed by atoms with Crippen LogP contribution in [0.2, 0.25) is 0 Å².